The van der Waals surface area contributed by atoms with Crippen LogP contribution in [0.3, 0.4) is 0 Å². The number of aromatic nitrogens is 3. The molecule has 3 nitrogen and oxygen atoms in total. The van der Waals surface area contributed by atoms with E-state index in [1.54, 1.807) is 0 Å². The molecule has 0 atom stereocenters. The number of fused-ring (bicyclic) bond motifs is 18. The van der Waals surface area contributed by atoms with Gasteiger partial charge in [0.05, 0.1) is 33.0 Å². The molecule has 1 spiro atoms. The fourth-order valence-corrected chi connectivity index (χ4v) is 16.0. The lowest BCUT2D eigenvalue weighted by molar-refractivity contribution is 0.583. The largest absolute Gasteiger partial charge is 0.310 e. The van der Waals surface area contributed by atoms with Gasteiger partial charge >= 0.3 is 0 Å². The van der Waals surface area contributed by atoms with E-state index in [2.05, 4.69) is 284 Å². The molecular formula is C79H78BN3. The first kappa shape index (κ1) is 51.1. The maximum atomic E-state index is 2.83. The average molecular weight is 1080 g/mol. The number of hydrogen-bond donors (Lipinski definition) is 0. The van der Waals surface area contributed by atoms with Crippen LogP contribution in [0.15, 0.2) is 146 Å². The van der Waals surface area contributed by atoms with E-state index in [1.807, 2.05) is 0 Å². The molecule has 3 aromatic heterocycles. The van der Waals surface area contributed by atoms with E-state index in [0.717, 1.165) is 0 Å². The van der Waals surface area contributed by atoms with Crippen molar-refractivity contribution in [1.29, 1.82) is 0 Å². The Hall–Kier alpha value is -7.56. The van der Waals surface area contributed by atoms with E-state index in [1.165, 1.54) is 166 Å². The van der Waals surface area contributed by atoms with Gasteiger partial charge in [0.1, 0.15) is 0 Å². The molecule has 12 aromatic rings. The molecule has 0 bridgehead atoms. The summed E-state index contributed by atoms with van der Waals surface area (Å²) in [4.78, 5) is 0. The summed E-state index contributed by atoms with van der Waals surface area (Å²) in [5.74, 6) is 0. The molecular weight excluding hydrogens is 1000 g/mol. The van der Waals surface area contributed by atoms with Crippen molar-refractivity contribution in [3.63, 3.8) is 0 Å². The number of para-hydroxylation sites is 1. The quantitative estimate of drug-likeness (QED) is 0.146. The van der Waals surface area contributed by atoms with E-state index < -0.39 is 5.41 Å². The standard InChI is InChI=1S/C79H78BN3/c1-73(2,3)43-27-32-62-53(34-43)56-42-65-66(52-30-26-46(76(10,11)12)41-64(52)81(65)49-22-20-19-21-23-49)68-71(56)82(62)63-33-31-57-72-67(63)80(68)61-40-48(78(16,17)18)36-55-54-35-47(77(13,14)15)39-60(69(54)83(72)70(55)61)79(57)58-37-44(74(4,5)6)24-28-50(58)51-29-25-45(38-59(51)79)75(7,8)9/h19-42H,1-18H3. The van der Waals surface area contributed by atoms with Crippen LogP contribution in [0.2, 0.25) is 0 Å². The fourth-order valence-electron chi connectivity index (χ4n) is 16.0. The lowest BCUT2D eigenvalue weighted by Crippen LogP contribution is -2.61. The van der Waals surface area contributed by atoms with Crippen LogP contribution in [0.4, 0.5) is 0 Å². The topological polar surface area (TPSA) is 14.8 Å². The Morgan fingerprint density at radius 1 is 0.325 bits per heavy atom. The van der Waals surface area contributed by atoms with Crippen molar-refractivity contribution in [2.24, 2.45) is 0 Å². The minimum atomic E-state index is -0.648. The zero-order valence-electron chi connectivity index (χ0n) is 52.3. The SMILES string of the molecule is CC(C)(C)c1ccc2c(c1)C1(c3cc(C(C)(C)C)ccc3-2)c2ccc3c4c2-n2c5c(cc(C(C)(C)C)cc5c5cc(C(C)(C)C)cc1c52)B4c1c2c4ccc(C(C)(C)C)cc4n(-c4ccccc4)c2cc2c4cc(C(C)(C)C)ccc4n-3c12. The van der Waals surface area contributed by atoms with Crippen LogP contribution >= 0.6 is 0 Å². The molecule has 3 aliphatic heterocycles. The van der Waals surface area contributed by atoms with Gasteiger partial charge in [0.25, 0.3) is 6.71 Å². The molecule has 0 saturated carbocycles. The van der Waals surface area contributed by atoms with Crippen LogP contribution < -0.4 is 16.4 Å². The Kier molecular flexibility index (Phi) is 9.61. The summed E-state index contributed by atoms with van der Waals surface area (Å²) in [6.07, 6.45) is 0. The third-order valence-electron chi connectivity index (χ3n) is 20.5. The van der Waals surface area contributed by atoms with Crippen molar-refractivity contribution < 1.29 is 0 Å². The summed E-state index contributed by atoms with van der Waals surface area (Å²) in [6.45, 7) is 43.0. The zero-order chi connectivity index (χ0) is 58.1. The Balaban J connectivity index is 1.19. The first-order valence-corrected chi connectivity index (χ1v) is 30.8. The highest BCUT2D eigenvalue weighted by Gasteiger charge is 2.56. The molecule has 6 heterocycles. The van der Waals surface area contributed by atoms with Crippen molar-refractivity contribution in [1.82, 2.24) is 13.7 Å². The predicted molar refractivity (Wildman–Crippen MR) is 357 cm³/mol. The summed E-state index contributed by atoms with van der Waals surface area (Å²) in [6, 6.07) is 59.6. The molecule has 0 saturated heterocycles. The van der Waals surface area contributed by atoms with E-state index in [0.29, 0.717) is 0 Å². The summed E-state index contributed by atoms with van der Waals surface area (Å²) in [7, 11) is 0. The molecule has 0 unspecified atom stereocenters. The summed E-state index contributed by atoms with van der Waals surface area (Å²) < 4.78 is 8.18. The Bertz CT molecular complexity index is 4880. The fraction of sp³-hybridized carbons (Fsp3) is 0.316. The van der Waals surface area contributed by atoms with Gasteiger partial charge in [-0.05, 0) is 170 Å². The van der Waals surface area contributed by atoms with Crippen molar-refractivity contribution in [3.05, 3.63) is 201 Å². The second-order valence-corrected chi connectivity index (χ2v) is 31.9. The smallest absolute Gasteiger partial charge is 0.253 e. The third-order valence-corrected chi connectivity index (χ3v) is 20.5. The Morgan fingerprint density at radius 3 is 1.43 bits per heavy atom. The van der Waals surface area contributed by atoms with E-state index in [4.69, 9.17) is 0 Å². The summed E-state index contributed by atoms with van der Waals surface area (Å²) >= 11 is 0. The van der Waals surface area contributed by atoms with Crippen LogP contribution in [-0.2, 0) is 37.9 Å². The number of benzene rings is 9. The lowest BCUT2D eigenvalue weighted by Gasteiger charge is -2.45. The first-order valence-electron chi connectivity index (χ1n) is 30.8. The van der Waals surface area contributed by atoms with Gasteiger partial charge in [0.2, 0.25) is 0 Å². The molecule has 83 heavy (non-hydrogen) atoms. The van der Waals surface area contributed by atoms with Gasteiger partial charge < -0.3 is 13.7 Å². The van der Waals surface area contributed by atoms with Crippen molar-refractivity contribution in [2.45, 2.75) is 163 Å². The van der Waals surface area contributed by atoms with Crippen LogP contribution in [0.5, 0.6) is 0 Å². The highest BCUT2D eigenvalue weighted by atomic mass is 15.1. The van der Waals surface area contributed by atoms with Gasteiger partial charge in [0, 0.05) is 54.9 Å². The predicted octanol–water partition coefficient (Wildman–Crippen LogP) is 18.6. The molecule has 0 N–H and O–H groups in total. The molecule has 9 aromatic carbocycles. The molecule has 0 fully saturated rings. The third kappa shape index (κ3) is 6.49. The maximum Gasteiger partial charge on any atom is 0.253 e. The highest BCUT2D eigenvalue weighted by Crippen LogP contribution is 2.63. The monoisotopic (exact) mass is 1080 g/mol. The molecule has 16 rings (SSSR count). The average Bonchev–Trinajstić information content (AvgIpc) is 1.55. The molecule has 4 heteroatoms. The van der Waals surface area contributed by atoms with Gasteiger partial charge in [-0.25, -0.2) is 0 Å². The normalized spacial score (nSPS) is 15.2. The van der Waals surface area contributed by atoms with E-state index >= 15 is 0 Å². The van der Waals surface area contributed by atoms with Crippen LogP contribution in [0.25, 0.3) is 93.6 Å². The van der Waals surface area contributed by atoms with Crippen molar-refractivity contribution >= 4 is 88.5 Å². The molecule has 1 aliphatic carbocycles. The minimum Gasteiger partial charge on any atom is -0.310 e. The van der Waals surface area contributed by atoms with Crippen LogP contribution in [0, 0.1) is 0 Å². The van der Waals surface area contributed by atoms with Crippen molar-refractivity contribution in [3.8, 4) is 28.2 Å². The highest BCUT2D eigenvalue weighted by molar-refractivity contribution is 7.02. The maximum absolute atomic E-state index is 2.83. The van der Waals surface area contributed by atoms with Gasteiger partial charge in [-0.2, -0.15) is 0 Å². The summed E-state index contributed by atoms with van der Waals surface area (Å²) in [5, 5.41) is 8.02. The number of rotatable bonds is 1. The Labute approximate surface area is 491 Å². The second-order valence-electron chi connectivity index (χ2n) is 31.9. The minimum absolute atomic E-state index is 0.0451. The van der Waals surface area contributed by atoms with Crippen molar-refractivity contribution in [2.75, 3.05) is 0 Å². The number of nitrogens with zero attached hydrogens (tertiary/aromatic N) is 3. The van der Waals surface area contributed by atoms with Crippen LogP contribution in [-0.4, -0.2) is 20.4 Å². The molecule has 412 valence electrons. The first-order chi connectivity index (χ1) is 39.0. The Morgan fingerprint density at radius 2 is 0.831 bits per heavy atom. The van der Waals surface area contributed by atoms with Crippen LogP contribution in [0.1, 0.15) is 180 Å². The second kappa shape index (κ2) is 15.6. The number of hydrogen-bond acceptors (Lipinski definition) is 0. The van der Waals surface area contributed by atoms with Gasteiger partial charge in [-0.3, -0.25) is 0 Å². The lowest BCUT2D eigenvalue weighted by atomic mass is 9.33. The molecule has 0 amide bonds. The summed E-state index contributed by atoms with van der Waals surface area (Å²) in [5.41, 5.74) is 31.3. The van der Waals surface area contributed by atoms with E-state index in [-0.39, 0.29) is 39.2 Å². The van der Waals surface area contributed by atoms with Gasteiger partial charge in [-0.1, -0.05) is 216 Å². The van der Waals surface area contributed by atoms with E-state index in [9.17, 15) is 0 Å². The molecule has 4 aliphatic rings. The zero-order valence-corrected chi connectivity index (χ0v) is 52.3. The molecule has 0 radical (unpaired) electrons. The van der Waals surface area contributed by atoms with Gasteiger partial charge in [0.15, 0.2) is 0 Å². The van der Waals surface area contributed by atoms with Gasteiger partial charge in [-0.15, -0.1) is 0 Å².